The lowest BCUT2D eigenvalue weighted by atomic mass is 10.1. The quantitative estimate of drug-likeness (QED) is 0.704. The number of aromatic nitrogens is 1. The molecule has 0 aliphatic carbocycles. The summed E-state index contributed by atoms with van der Waals surface area (Å²) in [7, 11) is 0. The molecule has 3 aromatic rings. The summed E-state index contributed by atoms with van der Waals surface area (Å²) in [5.74, 6) is 0. The summed E-state index contributed by atoms with van der Waals surface area (Å²) < 4.78 is 0. The number of hydrogen-bond donors (Lipinski definition) is 2. The SMILES string of the molecule is N#Cc1ccc(CNCCc2c[nH]c3ccccc23)s1. The zero-order chi connectivity index (χ0) is 13.8. The molecule has 0 bridgehead atoms. The molecule has 2 aromatic heterocycles. The van der Waals surface area contributed by atoms with Crippen LogP contribution in [0.5, 0.6) is 0 Å². The van der Waals surface area contributed by atoms with Crippen molar-refractivity contribution in [2.45, 2.75) is 13.0 Å². The first-order valence-electron chi connectivity index (χ1n) is 6.61. The number of hydrogen-bond acceptors (Lipinski definition) is 3. The highest BCUT2D eigenvalue weighted by atomic mass is 32.1. The predicted molar refractivity (Wildman–Crippen MR) is 82.7 cm³/mol. The highest BCUT2D eigenvalue weighted by molar-refractivity contribution is 7.12. The Morgan fingerprint density at radius 1 is 1.20 bits per heavy atom. The van der Waals surface area contributed by atoms with E-state index in [1.54, 1.807) is 11.3 Å². The molecule has 0 unspecified atom stereocenters. The van der Waals surface area contributed by atoms with E-state index < -0.39 is 0 Å². The van der Waals surface area contributed by atoms with E-state index in [-0.39, 0.29) is 0 Å². The molecular formula is C16H15N3S. The van der Waals surface area contributed by atoms with Crippen molar-refractivity contribution in [2.24, 2.45) is 0 Å². The summed E-state index contributed by atoms with van der Waals surface area (Å²) in [6.45, 7) is 1.76. The van der Waals surface area contributed by atoms with Crippen LogP contribution in [0.25, 0.3) is 10.9 Å². The fourth-order valence-corrected chi connectivity index (χ4v) is 3.08. The number of nitrogens with zero attached hydrogens (tertiary/aromatic N) is 1. The van der Waals surface area contributed by atoms with Gasteiger partial charge in [0.1, 0.15) is 10.9 Å². The van der Waals surface area contributed by atoms with Crippen molar-refractivity contribution in [3.63, 3.8) is 0 Å². The zero-order valence-electron chi connectivity index (χ0n) is 11.0. The molecule has 0 fully saturated rings. The Morgan fingerprint density at radius 2 is 2.10 bits per heavy atom. The van der Waals surface area contributed by atoms with Crippen LogP contribution in [0, 0.1) is 11.3 Å². The van der Waals surface area contributed by atoms with Crippen molar-refractivity contribution in [1.29, 1.82) is 5.26 Å². The Morgan fingerprint density at radius 3 is 2.95 bits per heavy atom. The van der Waals surface area contributed by atoms with Crippen LogP contribution in [0.4, 0.5) is 0 Å². The molecule has 2 heterocycles. The third kappa shape index (κ3) is 2.74. The van der Waals surface area contributed by atoms with Crippen LogP contribution in [0.2, 0.25) is 0 Å². The van der Waals surface area contributed by atoms with Crippen LogP contribution in [-0.4, -0.2) is 11.5 Å². The normalized spacial score (nSPS) is 10.8. The number of nitriles is 1. The van der Waals surface area contributed by atoms with Gasteiger partial charge in [-0.15, -0.1) is 11.3 Å². The molecular weight excluding hydrogens is 266 g/mol. The number of H-pyrrole nitrogens is 1. The third-order valence-electron chi connectivity index (χ3n) is 3.32. The van der Waals surface area contributed by atoms with Gasteiger partial charge in [0.15, 0.2) is 0 Å². The minimum atomic E-state index is 0.776. The Balaban J connectivity index is 1.54. The van der Waals surface area contributed by atoms with Crippen LogP contribution in [0.15, 0.2) is 42.6 Å². The van der Waals surface area contributed by atoms with Gasteiger partial charge in [-0.25, -0.2) is 0 Å². The molecule has 0 spiro atoms. The second-order valence-corrected chi connectivity index (χ2v) is 5.83. The van der Waals surface area contributed by atoms with Gasteiger partial charge in [0, 0.05) is 28.5 Å². The van der Waals surface area contributed by atoms with Gasteiger partial charge in [-0.3, -0.25) is 0 Å². The van der Waals surface area contributed by atoms with Gasteiger partial charge < -0.3 is 10.3 Å². The predicted octanol–water partition coefficient (Wildman–Crippen LogP) is 3.43. The van der Waals surface area contributed by atoms with Crippen molar-refractivity contribution >= 4 is 22.2 Å². The van der Waals surface area contributed by atoms with Crippen molar-refractivity contribution in [3.8, 4) is 6.07 Å². The van der Waals surface area contributed by atoms with E-state index in [1.165, 1.54) is 21.3 Å². The molecule has 4 heteroatoms. The molecule has 2 N–H and O–H groups in total. The standard InChI is InChI=1S/C16H15N3S/c17-9-13-5-6-14(20-13)11-18-8-7-12-10-19-16-4-2-1-3-15(12)16/h1-6,10,18-19H,7-8,11H2. The number of thiophene rings is 1. The molecule has 0 atom stereocenters. The summed E-state index contributed by atoms with van der Waals surface area (Å²) in [4.78, 5) is 5.28. The highest BCUT2D eigenvalue weighted by Gasteiger charge is 2.03. The third-order valence-corrected chi connectivity index (χ3v) is 4.31. The van der Waals surface area contributed by atoms with Gasteiger partial charge >= 0.3 is 0 Å². The summed E-state index contributed by atoms with van der Waals surface area (Å²) in [5.41, 5.74) is 2.54. The van der Waals surface area contributed by atoms with Crippen molar-refractivity contribution in [1.82, 2.24) is 10.3 Å². The van der Waals surface area contributed by atoms with Crippen molar-refractivity contribution in [3.05, 3.63) is 57.9 Å². The monoisotopic (exact) mass is 281 g/mol. The maximum atomic E-state index is 8.78. The van der Waals surface area contributed by atoms with E-state index >= 15 is 0 Å². The zero-order valence-corrected chi connectivity index (χ0v) is 11.8. The minimum Gasteiger partial charge on any atom is -0.361 e. The topological polar surface area (TPSA) is 51.6 Å². The van der Waals surface area contributed by atoms with E-state index in [1.807, 2.05) is 18.2 Å². The van der Waals surface area contributed by atoms with E-state index in [0.29, 0.717) is 0 Å². The lowest BCUT2D eigenvalue weighted by molar-refractivity contribution is 0.695. The maximum absolute atomic E-state index is 8.78. The van der Waals surface area contributed by atoms with Gasteiger partial charge in [-0.2, -0.15) is 5.26 Å². The molecule has 0 aliphatic heterocycles. The Kier molecular flexibility index (Phi) is 3.82. The Bertz CT molecular complexity index is 748. The fourth-order valence-electron chi connectivity index (χ4n) is 2.31. The molecule has 3 nitrogen and oxygen atoms in total. The smallest absolute Gasteiger partial charge is 0.110 e. The average Bonchev–Trinajstić information content (AvgIpc) is 3.10. The van der Waals surface area contributed by atoms with E-state index in [4.69, 9.17) is 5.26 Å². The van der Waals surface area contributed by atoms with Crippen LogP contribution in [0.3, 0.4) is 0 Å². The van der Waals surface area contributed by atoms with Gasteiger partial charge in [0.2, 0.25) is 0 Å². The van der Waals surface area contributed by atoms with Crippen molar-refractivity contribution in [2.75, 3.05) is 6.54 Å². The van der Waals surface area contributed by atoms with Crippen molar-refractivity contribution < 1.29 is 0 Å². The molecule has 100 valence electrons. The van der Waals surface area contributed by atoms with Crippen LogP contribution in [0.1, 0.15) is 15.3 Å². The molecule has 1 aromatic carbocycles. The van der Waals surface area contributed by atoms with Crippen LogP contribution in [-0.2, 0) is 13.0 Å². The number of aromatic amines is 1. The molecule has 0 saturated carbocycles. The summed E-state index contributed by atoms with van der Waals surface area (Å²) >= 11 is 1.55. The van der Waals surface area contributed by atoms with Crippen LogP contribution >= 0.6 is 11.3 Å². The average molecular weight is 281 g/mol. The number of nitrogens with one attached hydrogen (secondary N) is 2. The number of rotatable bonds is 5. The first-order valence-corrected chi connectivity index (χ1v) is 7.43. The summed E-state index contributed by atoms with van der Waals surface area (Å²) in [6, 6.07) is 14.4. The molecule has 0 amide bonds. The number of fused-ring (bicyclic) bond motifs is 1. The Hall–Kier alpha value is -2.09. The summed E-state index contributed by atoms with van der Waals surface area (Å²) in [5, 5.41) is 13.5. The lowest BCUT2D eigenvalue weighted by Crippen LogP contribution is -2.15. The highest BCUT2D eigenvalue weighted by Crippen LogP contribution is 2.18. The van der Waals surface area contributed by atoms with Crippen LogP contribution < -0.4 is 5.32 Å². The maximum Gasteiger partial charge on any atom is 0.110 e. The molecule has 0 saturated heterocycles. The van der Waals surface area contributed by atoms with Gasteiger partial charge in [-0.05, 0) is 36.7 Å². The minimum absolute atomic E-state index is 0.776. The molecule has 20 heavy (non-hydrogen) atoms. The fraction of sp³-hybridized carbons (Fsp3) is 0.188. The van der Waals surface area contributed by atoms with E-state index in [9.17, 15) is 0 Å². The first kappa shape index (κ1) is 12.9. The van der Waals surface area contributed by atoms with E-state index in [0.717, 1.165) is 24.4 Å². The van der Waals surface area contributed by atoms with Gasteiger partial charge in [0.25, 0.3) is 0 Å². The van der Waals surface area contributed by atoms with E-state index in [2.05, 4.69) is 40.8 Å². The Labute approximate surface area is 121 Å². The molecule has 0 radical (unpaired) electrons. The second-order valence-electron chi connectivity index (χ2n) is 4.66. The largest absolute Gasteiger partial charge is 0.361 e. The second kappa shape index (κ2) is 5.91. The van der Waals surface area contributed by atoms with Gasteiger partial charge in [0.05, 0.1) is 0 Å². The molecule has 3 rings (SSSR count). The molecule has 0 aliphatic rings. The summed E-state index contributed by atoms with van der Waals surface area (Å²) in [6.07, 6.45) is 3.09. The first-order chi connectivity index (χ1) is 9.86. The number of para-hydroxylation sites is 1. The number of benzene rings is 1. The van der Waals surface area contributed by atoms with Gasteiger partial charge in [-0.1, -0.05) is 18.2 Å². The lowest BCUT2D eigenvalue weighted by Gasteiger charge is -2.02.